The van der Waals surface area contributed by atoms with Crippen molar-refractivity contribution in [1.29, 1.82) is 5.26 Å². The number of rotatable bonds is 2. The number of benzene rings is 1. The van der Waals surface area contributed by atoms with E-state index in [4.69, 9.17) is 22.6 Å². The summed E-state index contributed by atoms with van der Waals surface area (Å²) in [5.74, 6) is 0.400. The molecule has 0 spiro atoms. The Hall–Kier alpha value is -1.99. The van der Waals surface area contributed by atoms with Gasteiger partial charge in [0.2, 0.25) is 0 Å². The minimum atomic E-state index is 0.400. The predicted molar refractivity (Wildman–Crippen MR) is 66.6 cm³/mol. The molecule has 17 heavy (non-hydrogen) atoms. The number of aryl methyl sites for hydroxylation is 1. The van der Waals surface area contributed by atoms with Crippen LogP contribution >= 0.6 is 11.6 Å². The molecule has 2 N–H and O–H groups in total. The molecule has 4 nitrogen and oxygen atoms in total. The van der Waals surface area contributed by atoms with E-state index in [0.29, 0.717) is 28.5 Å². The average Bonchev–Trinajstić information content (AvgIpc) is 2.58. The van der Waals surface area contributed by atoms with E-state index in [1.807, 2.05) is 24.3 Å². The summed E-state index contributed by atoms with van der Waals surface area (Å²) < 4.78 is 1.52. The van der Waals surface area contributed by atoms with Crippen molar-refractivity contribution < 1.29 is 0 Å². The monoisotopic (exact) mass is 246 g/mol. The molecule has 0 unspecified atom stereocenters. The molecule has 0 bridgehead atoms. The summed E-state index contributed by atoms with van der Waals surface area (Å²) in [6, 6.07) is 9.53. The van der Waals surface area contributed by atoms with E-state index in [0.717, 1.165) is 5.56 Å². The molecule has 0 radical (unpaired) electrons. The van der Waals surface area contributed by atoms with Gasteiger partial charge >= 0.3 is 0 Å². The van der Waals surface area contributed by atoms with Gasteiger partial charge in [0.05, 0.1) is 5.69 Å². The lowest BCUT2D eigenvalue weighted by molar-refractivity contribution is 0.759. The highest BCUT2D eigenvalue weighted by Gasteiger charge is 2.13. The number of nitrogens with two attached hydrogens (primary N) is 1. The molecular formula is C12H11ClN4. The maximum absolute atomic E-state index is 9.03. The summed E-state index contributed by atoms with van der Waals surface area (Å²) in [5, 5.41) is 14.0. The van der Waals surface area contributed by atoms with Crippen LogP contribution in [0.4, 0.5) is 5.82 Å². The van der Waals surface area contributed by atoms with Crippen molar-refractivity contribution in [3.63, 3.8) is 0 Å². The van der Waals surface area contributed by atoms with Gasteiger partial charge in [-0.25, -0.2) is 0 Å². The molecule has 0 aliphatic carbocycles. The van der Waals surface area contributed by atoms with Gasteiger partial charge in [0.15, 0.2) is 0 Å². The highest BCUT2D eigenvalue weighted by molar-refractivity contribution is 6.30. The number of nitriles is 1. The number of halogens is 1. The summed E-state index contributed by atoms with van der Waals surface area (Å²) in [6.45, 7) is 0. The van der Waals surface area contributed by atoms with Crippen molar-refractivity contribution in [2.45, 2.75) is 6.42 Å². The van der Waals surface area contributed by atoms with Crippen LogP contribution in [-0.4, -0.2) is 9.78 Å². The lowest BCUT2D eigenvalue weighted by atomic mass is 10.1. The summed E-state index contributed by atoms with van der Waals surface area (Å²) in [4.78, 5) is 0. The van der Waals surface area contributed by atoms with Crippen molar-refractivity contribution >= 4 is 17.4 Å². The minimum absolute atomic E-state index is 0.400. The smallest absolute Gasteiger partial charge is 0.139 e. The molecule has 0 atom stereocenters. The summed E-state index contributed by atoms with van der Waals surface area (Å²) in [6.07, 6.45) is 0.575. The number of hydrogen-bond donors (Lipinski definition) is 1. The Kier molecular flexibility index (Phi) is 3.03. The number of nitrogen functional groups attached to an aromatic ring is 1. The number of nitrogens with zero attached hydrogens (tertiary/aromatic N) is 3. The molecule has 0 saturated heterocycles. The van der Waals surface area contributed by atoms with Crippen LogP contribution in [0.2, 0.25) is 5.02 Å². The largest absolute Gasteiger partial charge is 0.383 e. The van der Waals surface area contributed by atoms with E-state index >= 15 is 0 Å². The highest BCUT2D eigenvalue weighted by atomic mass is 35.5. The second-order valence-corrected chi connectivity index (χ2v) is 4.18. The number of hydrogen-bond acceptors (Lipinski definition) is 3. The number of aromatic nitrogens is 2. The molecule has 2 rings (SSSR count). The Labute approximate surface area is 104 Å². The molecule has 0 fully saturated rings. The van der Waals surface area contributed by atoms with Crippen molar-refractivity contribution in [2.24, 2.45) is 7.05 Å². The number of anilines is 1. The van der Waals surface area contributed by atoms with E-state index in [1.165, 1.54) is 4.68 Å². The predicted octanol–water partition coefficient (Wildman–Crippen LogP) is 2.12. The lowest BCUT2D eigenvalue weighted by Crippen LogP contribution is -1.98. The molecule has 5 heteroatoms. The molecule has 0 aliphatic rings. The first-order valence-electron chi connectivity index (χ1n) is 5.07. The summed E-state index contributed by atoms with van der Waals surface area (Å²) in [5.41, 5.74) is 7.93. The molecule has 1 aromatic carbocycles. The zero-order valence-electron chi connectivity index (χ0n) is 9.31. The van der Waals surface area contributed by atoms with E-state index in [1.54, 1.807) is 7.05 Å². The second-order valence-electron chi connectivity index (χ2n) is 3.75. The Morgan fingerprint density at radius 3 is 2.65 bits per heavy atom. The molecule has 0 saturated carbocycles. The van der Waals surface area contributed by atoms with Crippen LogP contribution in [0.5, 0.6) is 0 Å². The lowest BCUT2D eigenvalue weighted by Gasteiger charge is -1.98. The van der Waals surface area contributed by atoms with Crippen molar-refractivity contribution in [2.75, 3.05) is 5.73 Å². The standard InChI is InChI=1S/C12H11ClN4/c1-17-12(15)10(7-14)11(16-17)6-8-2-4-9(13)5-3-8/h2-5H,6,15H2,1H3. The van der Waals surface area contributed by atoms with Crippen LogP contribution < -0.4 is 5.73 Å². The third-order valence-electron chi connectivity index (χ3n) is 2.56. The highest BCUT2D eigenvalue weighted by Crippen LogP contribution is 2.19. The fraction of sp³-hybridized carbons (Fsp3) is 0.167. The van der Waals surface area contributed by atoms with E-state index in [2.05, 4.69) is 11.2 Å². The summed E-state index contributed by atoms with van der Waals surface area (Å²) in [7, 11) is 1.72. The van der Waals surface area contributed by atoms with Gasteiger partial charge < -0.3 is 5.73 Å². The molecule has 0 aliphatic heterocycles. The average molecular weight is 247 g/mol. The van der Waals surface area contributed by atoms with Gasteiger partial charge in [0, 0.05) is 18.5 Å². The molecular weight excluding hydrogens is 236 g/mol. The fourth-order valence-electron chi connectivity index (χ4n) is 1.64. The molecule has 2 aromatic rings. The van der Waals surface area contributed by atoms with Gasteiger partial charge in [-0.1, -0.05) is 23.7 Å². The van der Waals surface area contributed by atoms with Crippen LogP contribution in [0.15, 0.2) is 24.3 Å². The maximum Gasteiger partial charge on any atom is 0.139 e. The van der Waals surface area contributed by atoms with E-state index in [-0.39, 0.29) is 0 Å². The van der Waals surface area contributed by atoms with Crippen LogP contribution in [-0.2, 0) is 13.5 Å². The Morgan fingerprint density at radius 2 is 2.06 bits per heavy atom. The molecule has 0 amide bonds. The van der Waals surface area contributed by atoms with E-state index in [9.17, 15) is 0 Å². The third-order valence-corrected chi connectivity index (χ3v) is 2.81. The van der Waals surface area contributed by atoms with Crippen LogP contribution in [0.3, 0.4) is 0 Å². The molecule has 1 aromatic heterocycles. The topological polar surface area (TPSA) is 67.6 Å². The zero-order chi connectivity index (χ0) is 12.4. The van der Waals surface area contributed by atoms with E-state index < -0.39 is 0 Å². The first-order chi connectivity index (χ1) is 8.11. The zero-order valence-corrected chi connectivity index (χ0v) is 10.1. The van der Waals surface area contributed by atoms with Crippen LogP contribution in [0, 0.1) is 11.3 Å². The first kappa shape index (κ1) is 11.5. The second kappa shape index (κ2) is 4.48. The van der Waals surface area contributed by atoms with Gasteiger partial charge in [-0.3, -0.25) is 4.68 Å². The molecule has 1 heterocycles. The SMILES string of the molecule is Cn1nc(Cc2ccc(Cl)cc2)c(C#N)c1N. The minimum Gasteiger partial charge on any atom is -0.383 e. The normalized spacial score (nSPS) is 10.2. The van der Waals surface area contributed by atoms with Gasteiger partial charge in [-0.05, 0) is 17.7 Å². The van der Waals surface area contributed by atoms with Gasteiger partial charge in [0.1, 0.15) is 17.5 Å². The van der Waals surface area contributed by atoms with Gasteiger partial charge in [0.25, 0.3) is 0 Å². The van der Waals surface area contributed by atoms with Gasteiger partial charge in [-0.15, -0.1) is 0 Å². The Bertz CT molecular complexity index is 578. The fourth-order valence-corrected chi connectivity index (χ4v) is 1.76. The third kappa shape index (κ3) is 2.24. The quantitative estimate of drug-likeness (QED) is 0.883. The van der Waals surface area contributed by atoms with Crippen LogP contribution in [0.1, 0.15) is 16.8 Å². The van der Waals surface area contributed by atoms with Crippen LogP contribution in [0.25, 0.3) is 0 Å². The maximum atomic E-state index is 9.03. The Morgan fingerprint density at radius 1 is 1.41 bits per heavy atom. The summed E-state index contributed by atoms with van der Waals surface area (Å²) >= 11 is 5.81. The first-order valence-corrected chi connectivity index (χ1v) is 5.45. The van der Waals surface area contributed by atoms with Crippen molar-refractivity contribution in [1.82, 2.24) is 9.78 Å². The molecule has 86 valence electrons. The van der Waals surface area contributed by atoms with Crippen molar-refractivity contribution in [3.8, 4) is 6.07 Å². The Balaban J connectivity index is 2.34. The van der Waals surface area contributed by atoms with Gasteiger partial charge in [-0.2, -0.15) is 10.4 Å². The van der Waals surface area contributed by atoms with Crippen molar-refractivity contribution in [3.05, 3.63) is 46.1 Å².